The number of benzene rings is 2. The van der Waals surface area contributed by atoms with E-state index >= 15 is 0 Å². The van der Waals surface area contributed by atoms with Crippen LogP contribution in [0.4, 0.5) is 0 Å². The van der Waals surface area contributed by atoms with E-state index < -0.39 is 8.80 Å². The van der Waals surface area contributed by atoms with Gasteiger partial charge in [-0.15, -0.1) is 23.5 Å². The Kier molecular flexibility index (Phi) is 7.51. The van der Waals surface area contributed by atoms with Crippen molar-refractivity contribution in [2.45, 2.75) is 66.6 Å². The summed E-state index contributed by atoms with van der Waals surface area (Å²) < 4.78 is 0.625. The highest BCUT2D eigenvalue weighted by atomic mass is 32.2. The predicted octanol–water partition coefficient (Wildman–Crippen LogP) is 7.37. The summed E-state index contributed by atoms with van der Waals surface area (Å²) in [6.07, 6.45) is 0. The number of thioether (sulfide) groups is 2. The summed E-state index contributed by atoms with van der Waals surface area (Å²) in [5.41, 5.74) is 4.22. The second-order valence-corrected chi connectivity index (χ2v) is 14.4. The van der Waals surface area contributed by atoms with Crippen LogP contribution < -0.4 is 0 Å². The van der Waals surface area contributed by atoms with E-state index in [2.05, 4.69) is 114 Å². The first-order valence-electron chi connectivity index (χ1n) is 8.70. The molecule has 0 bridgehead atoms. The lowest BCUT2D eigenvalue weighted by atomic mass is 10.2. The van der Waals surface area contributed by atoms with Crippen molar-refractivity contribution in [3.8, 4) is 0 Å². The third-order valence-corrected chi connectivity index (χ3v) is 11.8. The monoisotopic (exact) mass is 373 g/mol. The van der Waals surface area contributed by atoms with E-state index in [0.29, 0.717) is 4.21 Å². The van der Waals surface area contributed by atoms with Crippen LogP contribution in [0.25, 0.3) is 0 Å². The molecular weight excluding hydrogens is 344 g/mol. The Morgan fingerprint density at radius 1 is 0.625 bits per heavy atom. The van der Waals surface area contributed by atoms with Crippen LogP contribution in [-0.2, 0) is 0 Å². The van der Waals surface area contributed by atoms with E-state index in [1.807, 2.05) is 0 Å². The Hall–Kier alpha value is -0.643. The first-order chi connectivity index (χ1) is 11.4. The van der Waals surface area contributed by atoms with Gasteiger partial charge in [0, 0.05) is 9.79 Å². The van der Waals surface area contributed by atoms with Crippen molar-refractivity contribution < 1.29 is 0 Å². The molecule has 0 amide bonds. The topological polar surface area (TPSA) is 0 Å². The summed E-state index contributed by atoms with van der Waals surface area (Å²) in [5, 5.41) is 0. The Balaban J connectivity index is 2.25. The zero-order chi connectivity index (χ0) is 17.7. The van der Waals surface area contributed by atoms with Gasteiger partial charge >= 0.3 is 0 Å². The van der Waals surface area contributed by atoms with Crippen LogP contribution >= 0.6 is 23.5 Å². The first kappa shape index (κ1) is 19.7. The van der Waals surface area contributed by atoms with Gasteiger partial charge in [0.15, 0.2) is 0 Å². The maximum atomic E-state index is 2.41. The van der Waals surface area contributed by atoms with Gasteiger partial charge < -0.3 is 0 Å². The Morgan fingerprint density at radius 2 is 0.958 bits per heavy atom. The van der Waals surface area contributed by atoms with Crippen LogP contribution in [-0.4, -0.2) is 13.0 Å². The zero-order valence-electron chi connectivity index (χ0n) is 15.7. The summed E-state index contributed by atoms with van der Waals surface area (Å²) in [6.45, 7) is 14.0. The quantitative estimate of drug-likeness (QED) is 0.282. The molecule has 1 radical (unpaired) electrons. The molecule has 0 heterocycles. The van der Waals surface area contributed by atoms with Gasteiger partial charge in [0.05, 0.1) is 13.0 Å². The van der Waals surface area contributed by atoms with Crippen molar-refractivity contribution in [2.24, 2.45) is 0 Å². The smallest absolute Gasteiger partial charge is 0.0833 e. The average molecular weight is 374 g/mol. The van der Waals surface area contributed by atoms with Gasteiger partial charge in [0.2, 0.25) is 0 Å². The molecule has 24 heavy (non-hydrogen) atoms. The Morgan fingerprint density at radius 3 is 1.25 bits per heavy atom. The highest BCUT2D eigenvalue weighted by molar-refractivity contribution is 8.19. The second-order valence-electron chi connectivity index (χ2n) is 7.00. The van der Waals surface area contributed by atoms with Gasteiger partial charge in [0.1, 0.15) is 0 Å². The largest absolute Gasteiger partial charge is 0.115 e. The number of rotatable bonds is 7. The van der Waals surface area contributed by atoms with Crippen molar-refractivity contribution in [2.75, 3.05) is 0 Å². The van der Waals surface area contributed by atoms with Gasteiger partial charge in [-0.05, 0) is 38.1 Å². The van der Waals surface area contributed by atoms with E-state index in [1.54, 1.807) is 0 Å². The number of hydrogen-bond donors (Lipinski definition) is 0. The minimum absolute atomic E-state index is 0.506. The first-order valence-corrected chi connectivity index (χ1v) is 12.2. The molecule has 2 aromatic rings. The lowest BCUT2D eigenvalue weighted by molar-refractivity contribution is 0.935. The van der Waals surface area contributed by atoms with Crippen molar-refractivity contribution in [3.63, 3.8) is 0 Å². The fraction of sp³-hybridized carbons (Fsp3) is 0.429. The zero-order valence-corrected chi connectivity index (χ0v) is 18.3. The molecule has 0 aliphatic rings. The summed E-state index contributed by atoms with van der Waals surface area (Å²) in [5.74, 6) is 0. The van der Waals surface area contributed by atoms with Gasteiger partial charge in [-0.3, -0.25) is 0 Å². The normalized spacial score (nSPS) is 11.9. The van der Waals surface area contributed by atoms with Crippen LogP contribution in [0.1, 0.15) is 38.8 Å². The summed E-state index contributed by atoms with van der Waals surface area (Å²) in [4.78, 5) is 2.79. The van der Waals surface area contributed by atoms with E-state index in [0.717, 1.165) is 11.1 Å². The minimum atomic E-state index is -0.506. The van der Waals surface area contributed by atoms with Crippen molar-refractivity contribution >= 4 is 32.3 Å². The maximum absolute atomic E-state index is 2.41. The molecule has 0 fully saturated rings. The van der Waals surface area contributed by atoms with Crippen LogP contribution in [0.3, 0.4) is 0 Å². The highest BCUT2D eigenvalue weighted by Gasteiger charge is 2.31. The van der Waals surface area contributed by atoms with Gasteiger partial charge in [0.25, 0.3) is 0 Å². The fourth-order valence-electron chi connectivity index (χ4n) is 2.85. The lowest BCUT2D eigenvalue weighted by Crippen LogP contribution is -2.32. The Labute approximate surface area is 158 Å². The molecule has 129 valence electrons. The van der Waals surface area contributed by atoms with Crippen molar-refractivity contribution in [3.05, 3.63) is 59.7 Å². The molecule has 0 aromatic heterocycles. The van der Waals surface area contributed by atoms with Crippen LogP contribution in [0.5, 0.6) is 0 Å². The van der Waals surface area contributed by atoms with E-state index in [9.17, 15) is 0 Å². The minimum Gasteiger partial charge on any atom is -0.115 e. The summed E-state index contributed by atoms with van der Waals surface area (Å²) in [7, 11) is -0.506. The molecule has 2 rings (SSSR count). The molecule has 0 unspecified atom stereocenters. The number of aryl methyl sites for hydroxylation is 2. The Bertz CT molecular complexity index is 562. The third-order valence-electron chi connectivity index (χ3n) is 4.13. The van der Waals surface area contributed by atoms with Crippen LogP contribution in [0.15, 0.2) is 58.3 Å². The van der Waals surface area contributed by atoms with E-state index in [1.165, 1.54) is 20.9 Å². The second kappa shape index (κ2) is 9.16. The van der Waals surface area contributed by atoms with Gasteiger partial charge in [-0.25, -0.2) is 0 Å². The maximum Gasteiger partial charge on any atom is 0.0833 e. The highest BCUT2D eigenvalue weighted by Crippen LogP contribution is 2.42. The van der Waals surface area contributed by atoms with E-state index in [-0.39, 0.29) is 0 Å². The standard InChI is InChI=1S/C21H29S2Si/c1-15(2)24(16(3)4)21(22-19-11-7-17(5)8-12-19)23-20-13-9-18(6)10-14-20/h7-16,21H,1-6H3. The van der Waals surface area contributed by atoms with Crippen molar-refractivity contribution in [1.82, 2.24) is 0 Å². The molecule has 0 saturated carbocycles. The van der Waals surface area contributed by atoms with Gasteiger partial charge in [-0.1, -0.05) is 74.2 Å². The predicted molar refractivity (Wildman–Crippen MR) is 114 cm³/mol. The molecule has 0 saturated heterocycles. The van der Waals surface area contributed by atoms with E-state index in [4.69, 9.17) is 0 Å². The lowest BCUT2D eigenvalue weighted by Gasteiger charge is -2.31. The van der Waals surface area contributed by atoms with Crippen LogP contribution in [0, 0.1) is 13.8 Å². The summed E-state index contributed by atoms with van der Waals surface area (Å²) >= 11 is 4.14. The summed E-state index contributed by atoms with van der Waals surface area (Å²) in [6, 6.07) is 18.0. The fourth-order valence-corrected chi connectivity index (χ4v) is 12.4. The molecule has 0 aliphatic carbocycles. The molecule has 2 aromatic carbocycles. The third kappa shape index (κ3) is 5.71. The molecule has 0 N–H and O–H groups in total. The van der Waals surface area contributed by atoms with Crippen LogP contribution in [0.2, 0.25) is 11.1 Å². The average Bonchev–Trinajstić information content (AvgIpc) is 2.51. The molecule has 0 spiro atoms. The van der Waals surface area contributed by atoms with Gasteiger partial charge in [-0.2, -0.15) is 0 Å². The molecular formula is C21H29S2Si. The molecule has 0 aliphatic heterocycles. The number of hydrogen-bond acceptors (Lipinski definition) is 2. The molecule has 3 heteroatoms. The van der Waals surface area contributed by atoms with Crippen molar-refractivity contribution in [1.29, 1.82) is 0 Å². The molecule has 0 nitrogen and oxygen atoms in total. The molecule has 0 atom stereocenters. The SMILES string of the molecule is Cc1ccc(SC(Sc2ccc(C)cc2)[Si](C(C)C)C(C)C)cc1.